The Hall–Kier alpha value is -3.87. The molecule has 7 nitrogen and oxygen atoms in total. The molecule has 34 heavy (non-hydrogen) atoms. The number of carbonyl (C=O) groups is 2. The Bertz CT molecular complexity index is 1120. The van der Waals surface area contributed by atoms with Crippen LogP contribution >= 0.6 is 0 Å². The number of aldehydes is 1. The third-order valence-corrected chi connectivity index (χ3v) is 5.58. The molecule has 0 spiro atoms. The van der Waals surface area contributed by atoms with E-state index in [1.54, 1.807) is 12.3 Å². The van der Waals surface area contributed by atoms with E-state index < -0.39 is 5.41 Å². The minimum Gasteiger partial charge on any atom is -0.490 e. The molecule has 1 aliphatic heterocycles. The SMILES string of the molecule is CC(C)(C=O)COc1ccc(C2=CC3=C(CC=C2)N(C(=O)CNc2ccccc2)CCO3)cn1. The lowest BCUT2D eigenvalue weighted by Gasteiger charge is -2.31. The Labute approximate surface area is 199 Å². The van der Waals surface area contributed by atoms with Gasteiger partial charge in [-0.3, -0.25) is 4.79 Å². The van der Waals surface area contributed by atoms with Crippen molar-refractivity contribution < 1.29 is 19.1 Å². The quantitative estimate of drug-likeness (QED) is 0.596. The van der Waals surface area contributed by atoms with E-state index in [9.17, 15) is 9.59 Å². The number of hydrogen-bond donors (Lipinski definition) is 1. The van der Waals surface area contributed by atoms with Crippen LogP contribution in [0.15, 0.2) is 78.3 Å². The van der Waals surface area contributed by atoms with Crippen LogP contribution in [0.3, 0.4) is 0 Å². The fourth-order valence-electron chi connectivity index (χ4n) is 3.64. The first-order chi connectivity index (χ1) is 16.4. The number of hydrogen-bond acceptors (Lipinski definition) is 6. The van der Waals surface area contributed by atoms with Crippen molar-refractivity contribution in [2.24, 2.45) is 5.41 Å². The van der Waals surface area contributed by atoms with Gasteiger partial charge in [-0.15, -0.1) is 0 Å². The number of nitrogens with one attached hydrogen (secondary N) is 1. The lowest BCUT2D eigenvalue weighted by molar-refractivity contribution is -0.129. The molecule has 176 valence electrons. The number of para-hydroxylation sites is 1. The number of allylic oxidation sites excluding steroid dienone is 4. The van der Waals surface area contributed by atoms with Crippen molar-refractivity contribution in [3.05, 3.63) is 83.9 Å². The van der Waals surface area contributed by atoms with Crippen molar-refractivity contribution in [3.8, 4) is 5.88 Å². The molecule has 1 aromatic heterocycles. The molecule has 2 aliphatic rings. The standard InChI is InChI=1S/C27H29N3O4/c1-27(2,18-31)19-34-25-12-11-21(16-29-25)20-7-6-10-23-24(15-20)33-14-13-30(23)26(32)17-28-22-8-4-3-5-9-22/h3-9,11-12,15-16,18,28H,10,13-14,17,19H2,1-2H3. The van der Waals surface area contributed by atoms with E-state index in [2.05, 4.69) is 10.3 Å². The molecular formula is C27H29N3O4. The zero-order valence-corrected chi connectivity index (χ0v) is 19.5. The predicted molar refractivity (Wildman–Crippen MR) is 131 cm³/mol. The molecule has 1 aromatic carbocycles. The maximum Gasteiger partial charge on any atom is 0.246 e. The lowest BCUT2D eigenvalue weighted by Crippen LogP contribution is -2.40. The van der Waals surface area contributed by atoms with Crippen molar-refractivity contribution in [2.45, 2.75) is 20.3 Å². The zero-order valence-electron chi connectivity index (χ0n) is 19.5. The van der Waals surface area contributed by atoms with Crippen molar-refractivity contribution in [1.29, 1.82) is 0 Å². The number of nitrogens with zero attached hydrogens (tertiary/aromatic N) is 2. The second-order valence-electron chi connectivity index (χ2n) is 8.91. The molecule has 7 heteroatoms. The van der Waals surface area contributed by atoms with Gasteiger partial charge in [0.15, 0.2) is 0 Å². The van der Waals surface area contributed by atoms with Crippen LogP contribution in [0.1, 0.15) is 25.8 Å². The molecule has 1 amide bonds. The monoisotopic (exact) mass is 459 g/mol. The molecule has 2 heterocycles. The molecule has 1 aliphatic carbocycles. The Kier molecular flexibility index (Phi) is 7.11. The third kappa shape index (κ3) is 5.73. The van der Waals surface area contributed by atoms with Gasteiger partial charge in [-0.1, -0.05) is 30.4 Å². The summed E-state index contributed by atoms with van der Waals surface area (Å²) in [4.78, 5) is 30.2. The third-order valence-electron chi connectivity index (χ3n) is 5.58. The molecule has 0 saturated heterocycles. The van der Waals surface area contributed by atoms with Crippen LogP contribution in [0.5, 0.6) is 5.88 Å². The molecular weight excluding hydrogens is 430 g/mol. The van der Waals surface area contributed by atoms with Gasteiger partial charge in [0.05, 0.1) is 24.2 Å². The molecule has 0 radical (unpaired) electrons. The minimum atomic E-state index is -0.561. The van der Waals surface area contributed by atoms with Crippen molar-refractivity contribution >= 4 is 23.5 Å². The zero-order chi connectivity index (χ0) is 24.0. The average molecular weight is 460 g/mol. The summed E-state index contributed by atoms with van der Waals surface area (Å²) in [6.45, 7) is 5.08. The van der Waals surface area contributed by atoms with E-state index in [1.807, 2.05) is 73.4 Å². The Morgan fingerprint density at radius 3 is 2.79 bits per heavy atom. The van der Waals surface area contributed by atoms with Crippen molar-refractivity contribution in [1.82, 2.24) is 9.88 Å². The summed E-state index contributed by atoms with van der Waals surface area (Å²) in [5, 5.41) is 3.19. The summed E-state index contributed by atoms with van der Waals surface area (Å²) < 4.78 is 11.6. The second kappa shape index (κ2) is 10.4. The topological polar surface area (TPSA) is 80.8 Å². The van der Waals surface area contributed by atoms with E-state index in [-0.39, 0.29) is 19.1 Å². The number of rotatable bonds is 8. The highest BCUT2D eigenvalue weighted by molar-refractivity contribution is 5.83. The normalized spacial score (nSPS) is 15.6. The maximum absolute atomic E-state index is 13.0. The summed E-state index contributed by atoms with van der Waals surface area (Å²) in [5.41, 5.74) is 3.06. The highest BCUT2D eigenvalue weighted by Crippen LogP contribution is 2.30. The molecule has 0 atom stereocenters. The van der Waals surface area contributed by atoms with E-state index in [4.69, 9.17) is 9.47 Å². The van der Waals surface area contributed by atoms with Gasteiger partial charge in [-0.25, -0.2) is 4.98 Å². The van der Waals surface area contributed by atoms with Crippen LogP contribution < -0.4 is 10.1 Å². The molecule has 0 fully saturated rings. The largest absolute Gasteiger partial charge is 0.490 e. The number of benzene rings is 1. The molecule has 4 rings (SSSR count). The Balaban J connectivity index is 1.47. The van der Waals surface area contributed by atoms with Gasteiger partial charge in [0.1, 0.15) is 25.3 Å². The lowest BCUT2D eigenvalue weighted by atomic mass is 9.98. The Morgan fingerprint density at radius 1 is 1.24 bits per heavy atom. The number of pyridine rings is 1. The smallest absolute Gasteiger partial charge is 0.246 e. The predicted octanol–water partition coefficient (Wildman–Crippen LogP) is 4.21. The van der Waals surface area contributed by atoms with E-state index in [0.29, 0.717) is 31.2 Å². The van der Waals surface area contributed by atoms with Crippen molar-refractivity contribution in [3.63, 3.8) is 0 Å². The summed E-state index contributed by atoms with van der Waals surface area (Å²) in [6.07, 6.45) is 9.21. The maximum atomic E-state index is 13.0. The van der Waals surface area contributed by atoms with E-state index in [1.165, 1.54) is 0 Å². The molecule has 0 saturated carbocycles. The van der Waals surface area contributed by atoms with Crippen LogP contribution in [0.4, 0.5) is 5.69 Å². The summed E-state index contributed by atoms with van der Waals surface area (Å²) in [7, 11) is 0. The average Bonchev–Trinajstić information content (AvgIpc) is 3.09. The molecule has 2 aromatic rings. The van der Waals surface area contributed by atoms with Gasteiger partial charge in [-0.05, 0) is 43.7 Å². The van der Waals surface area contributed by atoms with Crippen molar-refractivity contribution in [2.75, 3.05) is 31.6 Å². The fourth-order valence-corrected chi connectivity index (χ4v) is 3.64. The molecule has 0 bridgehead atoms. The van der Waals surface area contributed by atoms with Gasteiger partial charge in [0, 0.05) is 29.9 Å². The number of ether oxygens (including phenoxy) is 2. The molecule has 0 unspecified atom stereocenters. The van der Waals surface area contributed by atoms with Gasteiger partial charge in [0.25, 0.3) is 0 Å². The highest BCUT2D eigenvalue weighted by Gasteiger charge is 2.26. The summed E-state index contributed by atoms with van der Waals surface area (Å²) in [5.74, 6) is 1.17. The number of anilines is 1. The first-order valence-electron chi connectivity index (χ1n) is 11.3. The fraction of sp³-hybridized carbons (Fsp3) is 0.296. The summed E-state index contributed by atoms with van der Waals surface area (Å²) in [6, 6.07) is 13.4. The van der Waals surface area contributed by atoms with Crippen LogP contribution in [0, 0.1) is 5.41 Å². The van der Waals surface area contributed by atoms with E-state index >= 15 is 0 Å². The first kappa shape index (κ1) is 23.3. The van der Waals surface area contributed by atoms with Gasteiger partial charge in [-0.2, -0.15) is 0 Å². The number of carbonyl (C=O) groups excluding carboxylic acids is 2. The first-order valence-corrected chi connectivity index (χ1v) is 11.3. The van der Waals surface area contributed by atoms with Gasteiger partial charge >= 0.3 is 0 Å². The number of aromatic nitrogens is 1. The van der Waals surface area contributed by atoms with Crippen LogP contribution in [0.2, 0.25) is 0 Å². The minimum absolute atomic E-state index is 0.00585. The highest BCUT2D eigenvalue weighted by atomic mass is 16.5. The number of amides is 1. The van der Waals surface area contributed by atoms with Crippen LogP contribution in [0.25, 0.3) is 5.57 Å². The van der Waals surface area contributed by atoms with Gasteiger partial charge < -0.3 is 24.5 Å². The van der Waals surface area contributed by atoms with E-state index in [0.717, 1.165) is 28.8 Å². The van der Waals surface area contributed by atoms with Crippen LogP contribution in [-0.4, -0.2) is 48.4 Å². The summed E-state index contributed by atoms with van der Waals surface area (Å²) >= 11 is 0. The van der Waals surface area contributed by atoms with Gasteiger partial charge in [0.2, 0.25) is 11.8 Å². The Morgan fingerprint density at radius 2 is 2.06 bits per heavy atom. The molecule has 1 N–H and O–H groups in total. The van der Waals surface area contributed by atoms with Crippen LogP contribution in [-0.2, 0) is 14.3 Å². The second-order valence-corrected chi connectivity index (χ2v) is 8.91.